The second kappa shape index (κ2) is 6.73. The molecule has 1 aliphatic rings. The predicted octanol–water partition coefficient (Wildman–Crippen LogP) is 4.33. The molecule has 1 aliphatic carbocycles. The molecule has 1 N–H and O–H groups in total. The van der Waals surface area contributed by atoms with E-state index < -0.39 is 0 Å². The van der Waals surface area contributed by atoms with E-state index in [1.807, 2.05) is 48.7 Å². The van der Waals surface area contributed by atoms with E-state index >= 15 is 0 Å². The van der Waals surface area contributed by atoms with Crippen molar-refractivity contribution in [2.75, 3.05) is 5.32 Å². The van der Waals surface area contributed by atoms with Gasteiger partial charge < -0.3 is 5.32 Å². The van der Waals surface area contributed by atoms with Gasteiger partial charge in [-0.3, -0.25) is 9.48 Å². The number of nitrogens with one attached hydrogen (secondary N) is 1. The second-order valence-corrected chi connectivity index (χ2v) is 6.77. The number of carbonyl (C=O) groups is 1. The van der Waals surface area contributed by atoms with E-state index in [9.17, 15) is 4.79 Å². The average molecular weight is 352 g/mol. The summed E-state index contributed by atoms with van der Waals surface area (Å²) < 4.78 is 1.78. The third-order valence-electron chi connectivity index (χ3n) is 4.55. The summed E-state index contributed by atoms with van der Waals surface area (Å²) >= 11 is 6.18. The molecule has 5 heteroatoms. The van der Waals surface area contributed by atoms with Crippen LogP contribution >= 0.6 is 11.6 Å². The smallest absolute Gasteiger partial charge is 0.228 e. The van der Waals surface area contributed by atoms with Crippen LogP contribution in [0.4, 0.5) is 5.69 Å². The van der Waals surface area contributed by atoms with E-state index in [0.717, 1.165) is 17.7 Å². The van der Waals surface area contributed by atoms with Crippen LogP contribution < -0.4 is 5.32 Å². The lowest BCUT2D eigenvalue weighted by Gasteiger charge is -2.04. The van der Waals surface area contributed by atoms with Crippen LogP contribution in [0.3, 0.4) is 0 Å². The topological polar surface area (TPSA) is 46.9 Å². The number of aromatic nitrogens is 2. The van der Waals surface area contributed by atoms with E-state index in [1.165, 1.54) is 5.56 Å². The van der Waals surface area contributed by atoms with Crippen LogP contribution in [0.25, 0.3) is 0 Å². The van der Waals surface area contributed by atoms with Gasteiger partial charge in [-0.05, 0) is 29.5 Å². The third-order valence-corrected chi connectivity index (χ3v) is 4.91. The minimum atomic E-state index is 0.0503. The van der Waals surface area contributed by atoms with Crippen LogP contribution in [0.2, 0.25) is 5.02 Å². The predicted molar refractivity (Wildman–Crippen MR) is 98.7 cm³/mol. The van der Waals surface area contributed by atoms with Crippen LogP contribution in [0.5, 0.6) is 0 Å². The van der Waals surface area contributed by atoms with Gasteiger partial charge in [0, 0.05) is 17.1 Å². The number of carbonyl (C=O) groups excluding carboxylic acids is 1. The minimum absolute atomic E-state index is 0.0503. The zero-order valence-electron chi connectivity index (χ0n) is 13.6. The molecule has 4 rings (SSSR count). The van der Waals surface area contributed by atoms with Gasteiger partial charge in [0.15, 0.2) is 0 Å². The molecule has 0 spiro atoms. The van der Waals surface area contributed by atoms with Gasteiger partial charge in [-0.15, -0.1) is 0 Å². The number of halogens is 1. The van der Waals surface area contributed by atoms with Crippen LogP contribution in [-0.2, 0) is 11.3 Å². The van der Waals surface area contributed by atoms with Crippen molar-refractivity contribution in [3.8, 4) is 0 Å². The van der Waals surface area contributed by atoms with Crippen molar-refractivity contribution in [3.63, 3.8) is 0 Å². The Kier molecular flexibility index (Phi) is 4.28. The van der Waals surface area contributed by atoms with Gasteiger partial charge in [-0.1, -0.05) is 60.1 Å². The summed E-state index contributed by atoms with van der Waals surface area (Å²) in [5.74, 6) is 0.444. The molecular formula is C20H18ClN3O. The maximum Gasteiger partial charge on any atom is 0.228 e. The molecule has 0 aliphatic heterocycles. The van der Waals surface area contributed by atoms with Crippen molar-refractivity contribution in [3.05, 3.63) is 83.1 Å². The summed E-state index contributed by atoms with van der Waals surface area (Å²) in [6.07, 6.45) is 4.42. The number of anilines is 1. The number of hydrogen-bond acceptors (Lipinski definition) is 2. The Bertz CT molecular complexity index is 891. The van der Waals surface area contributed by atoms with Crippen LogP contribution in [0.15, 0.2) is 67.0 Å². The molecular weight excluding hydrogens is 334 g/mol. The Morgan fingerprint density at radius 2 is 1.92 bits per heavy atom. The van der Waals surface area contributed by atoms with Gasteiger partial charge >= 0.3 is 0 Å². The highest BCUT2D eigenvalue weighted by Gasteiger charge is 2.43. The van der Waals surface area contributed by atoms with Gasteiger partial charge in [0.2, 0.25) is 5.91 Å². The quantitative estimate of drug-likeness (QED) is 0.743. The second-order valence-electron chi connectivity index (χ2n) is 6.37. The molecule has 1 saturated carbocycles. The summed E-state index contributed by atoms with van der Waals surface area (Å²) in [6.45, 7) is 0.575. The van der Waals surface area contributed by atoms with E-state index in [0.29, 0.717) is 17.5 Å². The first kappa shape index (κ1) is 15.9. The standard InChI is InChI=1S/C20H18ClN3O/c21-19-9-5-4-8-15(19)12-24-13-16(11-22-24)23-20(25)18-10-17(18)14-6-2-1-3-7-14/h1-9,11,13,17-18H,10,12H2,(H,23,25). The van der Waals surface area contributed by atoms with E-state index in [-0.39, 0.29) is 11.8 Å². The third kappa shape index (κ3) is 3.59. The fourth-order valence-corrected chi connectivity index (χ4v) is 3.30. The van der Waals surface area contributed by atoms with Crippen molar-refractivity contribution in [2.24, 2.45) is 5.92 Å². The molecule has 4 nitrogen and oxygen atoms in total. The lowest BCUT2D eigenvalue weighted by Crippen LogP contribution is -2.14. The molecule has 126 valence electrons. The van der Waals surface area contributed by atoms with Gasteiger partial charge in [0.1, 0.15) is 0 Å². The highest BCUT2D eigenvalue weighted by molar-refractivity contribution is 6.31. The van der Waals surface area contributed by atoms with Crippen molar-refractivity contribution < 1.29 is 4.79 Å². The molecule has 2 atom stereocenters. The Hall–Kier alpha value is -2.59. The maximum atomic E-state index is 12.4. The van der Waals surface area contributed by atoms with E-state index in [1.54, 1.807) is 10.9 Å². The maximum absolute atomic E-state index is 12.4. The summed E-state index contributed by atoms with van der Waals surface area (Å²) in [7, 11) is 0. The van der Waals surface area contributed by atoms with Crippen molar-refractivity contribution in [1.29, 1.82) is 0 Å². The first-order valence-corrected chi connectivity index (χ1v) is 8.70. The highest BCUT2D eigenvalue weighted by Crippen LogP contribution is 2.47. The molecule has 2 aromatic carbocycles. The van der Waals surface area contributed by atoms with Gasteiger partial charge in [0.25, 0.3) is 0 Å². The van der Waals surface area contributed by atoms with Gasteiger partial charge in [-0.2, -0.15) is 5.10 Å². The fourth-order valence-electron chi connectivity index (χ4n) is 3.10. The number of rotatable bonds is 5. The largest absolute Gasteiger partial charge is 0.323 e. The molecule has 0 bridgehead atoms. The molecule has 3 aromatic rings. The zero-order chi connectivity index (χ0) is 17.2. The van der Waals surface area contributed by atoms with E-state index in [2.05, 4.69) is 22.5 Å². The lowest BCUT2D eigenvalue weighted by molar-refractivity contribution is -0.117. The number of amides is 1. The summed E-state index contributed by atoms with van der Waals surface area (Å²) in [5, 5.41) is 7.99. The SMILES string of the molecule is O=C(Nc1cnn(Cc2ccccc2Cl)c1)C1CC1c1ccccc1. The monoisotopic (exact) mass is 351 g/mol. The van der Waals surface area contributed by atoms with E-state index in [4.69, 9.17) is 11.6 Å². The first-order valence-electron chi connectivity index (χ1n) is 8.32. The van der Waals surface area contributed by atoms with Crippen molar-refractivity contribution in [2.45, 2.75) is 18.9 Å². The lowest BCUT2D eigenvalue weighted by atomic mass is 10.1. The Labute approximate surface area is 151 Å². The molecule has 0 saturated heterocycles. The summed E-state index contributed by atoms with van der Waals surface area (Å²) in [5.41, 5.74) is 2.95. The molecule has 25 heavy (non-hydrogen) atoms. The van der Waals surface area contributed by atoms with Crippen LogP contribution in [0.1, 0.15) is 23.5 Å². The molecule has 2 unspecified atom stereocenters. The number of hydrogen-bond donors (Lipinski definition) is 1. The van der Waals surface area contributed by atoms with Gasteiger partial charge in [0.05, 0.1) is 18.4 Å². The average Bonchev–Trinajstić information content (AvgIpc) is 3.33. The minimum Gasteiger partial charge on any atom is -0.323 e. The zero-order valence-corrected chi connectivity index (χ0v) is 14.4. The summed E-state index contributed by atoms with van der Waals surface area (Å²) in [6, 6.07) is 17.9. The van der Waals surface area contributed by atoms with Crippen LogP contribution in [0, 0.1) is 5.92 Å². The Morgan fingerprint density at radius 1 is 1.16 bits per heavy atom. The molecule has 1 fully saturated rings. The Balaban J connectivity index is 1.37. The highest BCUT2D eigenvalue weighted by atomic mass is 35.5. The van der Waals surface area contributed by atoms with Crippen molar-refractivity contribution in [1.82, 2.24) is 9.78 Å². The Morgan fingerprint density at radius 3 is 2.72 bits per heavy atom. The first-order chi connectivity index (χ1) is 12.2. The number of benzene rings is 2. The number of nitrogens with zero attached hydrogens (tertiary/aromatic N) is 2. The van der Waals surface area contributed by atoms with Gasteiger partial charge in [-0.25, -0.2) is 0 Å². The summed E-state index contributed by atoms with van der Waals surface area (Å²) in [4.78, 5) is 12.4. The molecule has 1 aromatic heterocycles. The molecule has 1 heterocycles. The van der Waals surface area contributed by atoms with Crippen molar-refractivity contribution >= 4 is 23.2 Å². The fraction of sp³-hybridized carbons (Fsp3) is 0.200. The van der Waals surface area contributed by atoms with Crippen LogP contribution in [-0.4, -0.2) is 15.7 Å². The molecule has 0 radical (unpaired) electrons. The molecule has 1 amide bonds. The normalized spacial score (nSPS) is 18.8.